The molecule has 0 atom stereocenters. The van der Waals surface area contributed by atoms with Crippen LogP contribution in [0, 0.1) is 0 Å². The largest absolute Gasteiger partial charge is 0.356 e. The van der Waals surface area contributed by atoms with Crippen molar-refractivity contribution in [2.75, 3.05) is 13.1 Å². The van der Waals surface area contributed by atoms with Crippen LogP contribution in [0.2, 0.25) is 0 Å². The van der Waals surface area contributed by atoms with E-state index in [2.05, 4.69) is 43.0 Å². The van der Waals surface area contributed by atoms with Gasteiger partial charge in [-0.2, -0.15) is 0 Å². The molecule has 1 heterocycles. The first kappa shape index (κ1) is 43.4. The van der Waals surface area contributed by atoms with Crippen LogP contribution in [0.3, 0.4) is 0 Å². The predicted molar refractivity (Wildman–Crippen MR) is 210 cm³/mol. The van der Waals surface area contributed by atoms with Crippen molar-refractivity contribution >= 4 is 0 Å². The Balaban J connectivity index is 2.20. The van der Waals surface area contributed by atoms with Gasteiger partial charge in [-0.25, -0.2) is 0 Å². The maximum absolute atomic E-state index is 2.73. The number of hydrogen-bond acceptors (Lipinski definition) is 2. The monoisotopic (exact) mass is 645 g/mol. The van der Waals surface area contributed by atoms with Gasteiger partial charge < -0.3 is 9.80 Å². The van der Waals surface area contributed by atoms with Gasteiger partial charge in [0.25, 0.3) is 0 Å². The summed E-state index contributed by atoms with van der Waals surface area (Å²) in [5, 5.41) is 0. The van der Waals surface area contributed by atoms with Crippen molar-refractivity contribution < 1.29 is 0 Å². The predicted octanol–water partition coefficient (Wildman–Crippen LogP) is 15.5. The van der Waals surface area contributed by atoms with Crippen molar-refractivity contribution in [3.8, 4) is 0 Å². The molecular weight excluding hydrogens is 556 g/mol. The lowest BCUT2D eigenvalue weighted by Crippen LogP contribution is -2.39. The zero-order valence-corrected chi connectivity index (χ0v) is 32.5. The zero-order valence-electron chi connectivity index (χ0n) is 32.5. The zero-order chi connectivity index (χ0) is 33.0. The summed E-state index contributed by atoms with van der Waals surface area (Å²) < 4.78 is 0. The van der Waals surface area contributed by atoms with Crippen LogP contribution in [0.25, 0.3) is 0 Å². The van der Waals surface area contributed by atoms with Gasteiger partial charge >= 0.3 is 0 Å². The first-order chi connectivity index (χ1) is 22.8. The van der Waals surface area contributed by atoms with Gasteiger partial charge in [-0.3, -0.25) is 0 Å². The highest BCUT2D eigenvalue weighted by Gasteiger charge is 2.24. The minimum absolute atomic E-state index is 0.638. The molecule has 0 N–H and O–H groups in total. The minimum Gasteiger partial charge on any atom is -0.356 e. The smallest absolute Gasteiger partial charge is 0.101 e. The third-order valence-corrected chi connectivity index (χ3v) is 10.8. The summed E-state index contributed by atoms with van der Waals surface area (Å²) in [6, 6.07) is 0. The van der Waals surface area contributed by atoms with Gasteiger partial charge in [0.15, 0.2) is 0 Å². The van der Waals surface area contributed by atoms with Crippen LogP contribution in [0.4, 0.5) is 0 Å². The molecule has 0 spiro atoms. The minimum atomic E-state index is 0.638. The number of hydrogen-bond donors (Lipinski definition) is 0. The Morgan fingerprint density at radius 1 is 0.283 bits per heavy atom. The lowest BCUT2D eigenvalue weighted by atomic mass is 10.0. The molecule has 0 radical (unpaired) electrons. The number of nitrogens with zero attached hydrogens (tertiary/aromatic N) is 2. The first-order valence-corrected chi connectivity index (χ1v) is 22.0. The third-order valence-electron chi connectivity index (χ3n) is 10.8. The van der Waals surface area contributed by atoms with Crippen LogP contribution >= 0.6 is 0 Å². The normalized spacial score (nSPS) is 13.5. The fourth-order valence-electron chi connectivity index (χ4n) is 7.60. The van der Waals surface area contributed by atoms with Gasteiger partial charge in [0.05, 0.1) is 0 Å². The van der Waals surface area contributed by atoms with Crippen LogP contribution in [0.15, 0.2) is 12.4 Å². The summed E-state index contributed by atoms with van der Waals surface area (Å²) in [6.45, 7) is 9.49. The van der Waals surface area contributed by atoms with Gasteiger partial charge in [0.1, 0.15) is 6.17 Å². The average Bonchev–Trinajstić information content (AvgIpc) is 3.45. The highest BCUT2D eigenvalue weighted by Crippen LogP contribution is 2.24. The first-order valence-electron chi connectivity index (χ1n) is 22.0. The van der Waals surface area contributed by atoms with E-state index in [4.69, 9.17) is 0 Å². The van der Waals surface area contributed by atoms with Crippen LogP contribution in [-0.4, -0.2) is 29.1 Å². The maximum atomic E-state index is 2.73. The molecular formula is C44H88N2. The van der Waals surface area contributed by atoms with Crippen molar-refractivity contribution in [2.45, 2.75) is 258 Å². The highest BCUT2D eigenvalue weighted by molar-refractivity contribution is 4.97. The molecule has 1 aliphatic rings. The summed E-state index contributed by atoms with van der Waals surface area (Å²) in [5.41, 5.74) is 0. The van der Waals surface area contributed by atoms with Crippen molar-refractivity contribution in [3.63, 3.8) is 0 Å². The second kappa shape index (κ2) is 35.6. The van der Waals surface area contributed by atoms with E-state index in [0.29, 0.717) is 6.17 Å². The molecule has 0 aromatic rings. The molecule has 2 heteroatoms. The second-order valence-electron chi connectivity index (χ2n) is 15.4. The molecule has 0 aliphatic carbocycles. The van der Waals surface area contributed by atoms with E-state index in [1.807, 2.05) is 0 Å². The lowest BCUT2D eigenvalue weighted by molar-refractivity contribution is 0.135. The van der Waals surface area contributed by atoms with E-state index in [-0.39, 0.29) is 0 Å². The maximum Gasteiger partial charge on any atom is 0.101 e. The summed E-state index contributed by atoms with van der Waals surface area (Å²) >= 11 is 0. The van der Waals surface area contributed by atoms with Crippen LogP contribution in [0.5, 0.6) is 0 Å². The Morgan fingerprint density at radius 2 is 0.500 bits per heavy atom. The topological polar surface area (TPSA) is 6.48 Å². The molecule has 0 saturated carbocycles. The lowest BCUT2D eigenvalue weighted by Gasteiger charge is -2.33. The van der Waals surface area contributed by atoms with Gasteiger partial charge in [-0.15, -0.1) is 0 Å². The van der Waals surface area contributed by atoms with Gasteiger partial charge in [-0.05, 0) is 25.7 Å². The molecule has 0 aromatic heterocycles. The standard InChI is InChI=1S/C44H88N2/c1-4-7-10-13-16-19-22-23-24-25-26-27-30-33-36-39-44-45(40-37-34-31-28-20-17-14-11-8-5-2)42-43-46(44)41-38-35-32-29-21-18-15-12-9-6-3/h42-44H,4-41H2,1-3H3. The van der Waals surface area contributed by atoms with E-state index >= 15 is 0 Å². The molecule has 0 aromatic carbocycles. The van der Waals surface area contributed by atoms with Gasteiger partial charge in [0.2, 0.25) is 0 Å². The fourth-order valence-corrected chi connectivity index (χ4v) is 7.60. The molecule has 274 valence electrons. The average molecular weight is 645 g/mol. The summed E-state index contributed by atoms with van der Waals surface area (Å²) in [5.74, 6) is 0. The second-order valence-corrected chi connectivity index (χ2v) is 15.4. The van der Waals surface area contributed by atoms with Crippen molar-refractivity contribution in [1.29, 1.82) is 0 Å². The highest BCUT2D eigenvalue weighted by atomic mass is 15.4. The SMILES string of the molecule is CCCCCCCCCCCCCCCCCC1N(CCCCCCCCCCCC)C=CN1CCCCCCCCCCCC. The van der Waals surface area contributed by atoms with E-state index < -0.39 is 0 Å². The molecule has 0 amide bonds. The molecule has 0 saturated heterocycles. The van der Waals surface area contributed by atoms with Crippen LogP contribution < -0.4 is 0 Å². The Morgan fingerprint density at radius 3 is 0.761 bits per heavy atom. The number of unbranched alkanes of at least 4 members (excludes halogenated alkanes) is 32. The Kier molecular flexibility index (Phi) is 33.6. The van der Waals surface area contributed by atoms with Crippen LogP contribution in [0.1, 0.15) is 252 Å². The molecule has 0 bridgehead atoms. The van der Waals surface area contributed by atoms with Crippen molar-refractivity contribution in [3.05, 3.63) is 12.4 Å². The van der Waals surface area contributed by atoms with Gasteiger partial charge in [-0.1, -0.05) is 226 Å². The Bertz CT molecular complexity index is 567. The Hall–Kier alpha value is -0.660. The van der Waals surface area contributed by atoms with Gasteiger partial charge in [0, 0.05) is 25.5 Å². The molecule has 1 rings (SSSR count). The molecule has 0 fully saturated rings. The fraction of sp³-hybridized carbons (Fsp3) is 0.955. The Labute approximate surface area is 292 Å². The molecule has 2 nitrogen and oxygen atoms in total. The molecule has 46 heavy (non-hydrogen) atoms. The summed E-state index contributed by atoms with van der Waals surface area (Å²) in [6.07, 6.45) is 57.4. The van der Waals surface area contributed by atoms with Crippen molar-refractivity contribution in [1.82, 2.24) is 9.80 Å². The third kappa shape index (κ3) is 27.3. The van der Waals surface area contributed by atoms with E-state index in [1.165, 1.54) is 244 Å². The molecule has 0 unspecified atom stereocenters. The van der Waals surface area contributed by atoms with Crippen LogP contribution in [-0.2, 0) is 0 Å². The van der Waals surface area contributed by atoms with E-state index in [9.17, 15) is 0 Å². The number of rotatable bonds is 38. The quantitative estimate of drug-likeness (QED) is 0.0617. The molecule has 1 aliphatic heterocycles. The summed E-state index contributed by atoms with van der Waals surface area (Å²) in [7, 11) is 0. The van der Waals surface area contributed by atoms with E-state index in [0.717, 1.165) is 0 Å². The van der Waals surface area contributed by atoms with Crippen molar-refractivity contribution in [2.24, 2.45) is 0 Å². The van der Waals surface area contributed by atoms with E-state index in [1.54, 1.807) is 0 Å². The summed E-state index contributed by atoms with van der Waals surface area (Å²) in [4.78, 5) is 5.45.